The third-order valence-corrected chi connectivity index (χ3v) is 6.50. The average molecular weight is 426 g/mol. The number of aromatic nitrogens is 2. The molecule has 136 valence electrons. The molecule has 0 bridgehead atoms. The van der Waals surface area contributed by atoms with Crippen LogP contribution in [0.4, 0.5) is 0 Å². The van der Waals surface area contributed by atoms with E-state index < -0.39 is 0 Å². The quantitative estimate of drug-likeness (QED) is 0.378. The lowest BCUT2D eigenvalue weighted by atomic mass is 10.00. The van der Waals surface area contributed by atoms with Crippen molar-refractivity contribution in [3.8, 4) is 0 Å². The number of thioether (sulfide) groups is 1. The Balaban J connectivity index is 1.79. The largest absolute Gasteiger partial charge is 0.336 e. The molecule has 3 rings (SSSR count). The number of hydrogen-bond donors (Lipinski definition) is 0. The topological polar surface area (TPSA) is 17.8 Å². The lowest BCUT2D eigenvalue weighted by molar-refractivity contribution is 0.495. The van der Waals surface area contributed by atoms with Gasteiger partial charge >= 0.3 is 0 Å². The lowest BCUT2D eigenvalue weighted by Gasteiger charge is -2.30. The number of benzene rings is 2. The van der Waals surface area contributed by atoms with E-state index in [4.69, 9.17) is 34.8 Å². The second-order valence-corrected chi connectivity index (χ2v) is 9.40. The molecule has 1 heterocycles. The first-order valence-electron chi connectivity index (χ1n) is 8.28. The number of rotatable bonds is 7. The second kappa shape index (κ2) is 8.71. The number of halogens is 3. The normalized spacial score (nSPS) is 13.5. The van der Waals surface area contributed by atoms with Crippen molar-refractivity contribution in [2.75, 3.05) is 0 Å². The number of imidazole rings is 1. The molecule has 1 aromatic heterocycles. The van der Waals surface area contributed by atoms with E-state index in [0.717, 1.165) is 29.3 Å². The first-order chi connectivity index (χ1) is 12.4. The van der Waals surface area contributed by atoms with Crippen molar-refractivity contribution in [2.45, 2.75) is 36.0 Å². The molecule has 2 aromatic carbocycles. The zero-order valence-electron chi connectivity index (χ0n) is 14.3. The molecule has 0 aliphatic carbocycles. The van der Waals surface area contributed by atoms with Gasteiger partial charge in [0, 0.05) is 38.6 Å². The van der Waals surface area contributed by atoms with Gasteiger partial charge in [0.25, 0.3) is 0 Å². The summed E-state index contributed by atoms with van der Waals surface area (Å²) in [5.74, 6) is 0. The molecule has 2 nitrogen and oxygen atoms in total. The minimum atomic E-state index is -0.0577. The minimum absolute atomic E-state index is 0.0577. The van der Waals surface area contributed by atoms with E-state index >= 15 is 0 Å². The molecule has 0 radical (unpaired) electrons. The number of aryl methyl sites for hydroxylation is 1. The highest BCUT2D eigenvalue weighted by Crippen LogP contribution is 2.41. The van der Waals surface area contributed by atoms with Crippen LogP contribution in [0.2, 0.25) is 15.1 Å². The van der Waals surface area contributed by atoms with Crippen LogP contribution >= 0.6 is 46.6 Å². The highest BCUT2D eigenvalue weighted by Gasteiger charge is 2.27. The van der Waals surface area contributed by atoms with Gasteiger partial charge in [0.05, 0.1) is 11.3 Å². The smallest absolute Gasteiger partial charge is 0.0946 e. The Hall–Kier alpha value is -1.13. The van der Waals surface area contributed by atoms with Crippen molar-refractivity contribution < 1.29 is 0 Å². The third-order valence-electron chi connectivity index (χ3n) is 4.18. The molecule has 26 heavy (non-hydrogen) atoms. The van der Waals surface area contributed by atoms with Crippen LogP contribution in [-0.4, -0.2) is 14.3 Å². The Kier molecular flexibility index (Phi) is 6.57. The van der Waals surface area contributed by atoms with Crippen molar-refractivity contribution in [3.63, 3.8) is 0 Å². The van der Waals surface area contributed by atoms with Crippen molar-refractivity contribution in [3.05, 3.63) is 81.8 Å². The van der Waals surface area contributed by atoms with Crippen LogP contribution in [0, 0.1) is 0 Å². The highest BCUT2D eigenvalue weighted by atomic mass is 35.5. The van der Waals surface area contributed by atoms with E-state index in [1.807, 2.05) is 36.8 Å². The van der Waals surface area contributed by atoms with E-state index in [9.17, 15) is 0 Å². The predicted octanol–water partition coefficient (Wildman–Crippen LogP) is 7.03. The van der Waals surface area contributed by atoms with Gasteiger partial charge in [-0.05, 0) is 55.7 Å². The van der Waals surface area contributed by atoms with Crippen LogP contribution in [0.1, 0.15) is 18.9 Å². The standard InChI is InChI=1S/C20H19Cl3N2S/c1-20(13-25-11-10-24-14-25,9-8-15-2-4-16(21)5-3-15)26-19-7-6-17(22)12-18(19)23/h2-7,10-12,14H,8-9,13H2,1H3. The van der Waals surface area contributed by atoms with E-state index in [2.05, 4.69) is 28.6 Å². The summed E-state index contributed by atoms with van der Waals surface area (Å²) >= 11 is 20.2. The van der Waals surface area contributed by atoms with E-state index in [0.29, 0.717) is 10.0 Å². The highest BCUT2D eigenvalue weighted by molar-refractivity contribution is 8.00. The van der Waals surface area contributed by atoms with Gasteiger partial charge in [0.1, 0.15) is 0 Å². The Morgan fingerprint density at radius 1 is 1.04 bits per heavy atom. The van der Waals surface area contributed by atoms with Crippen LogP contribution in [-0.2, 0) is 13.0 Å². The first-order valence-corrected chi connectivity index (χ1v) is 10.2. The summed E-state index contributed by atoms with van der Waals surface area (Å²) in [5.41, 5.74) is 1.27. The van der Waals surface area contributed by atoms with Gasteiger partial charge in [0.15, 0.2) is 0 Å². The van der Waals surface area contributed by atoms with Gasteiger partial charge in [-0.3, -0.25) is 0 Å². The summed E-state index contributed by atoms with van der Waals surface area (Å²) in [6, 6.07) is 13.7. The zero-order chi connectivity index (χ0) is 18.6. The molecule has 3 aromatic rings. The molecule has 0 spiro atoms. The van der Waals surface area contributed by atoms with Crippen LogP contribution in [0.3, 0.4) is 0 Å². The SMILES string of the molecule is CC(CCc1ccc(Cl)cc1)(Cn1ccnc1)Sc1ccc(Cl)cc1Cl. The molecule has 1 atom stereocenters. The Labute approximate surface area is 173 Å². The summed E-state index contributed by atoms with van der Waals surface area (Å²) in [6.07, 6.45) is 7.59. The molecule has 0 saturated heterocycles. The van der Waals surface area contributed by atoms with Gasteiger partial charge in [-0.1, -0.05) is 46.9 Å². The Morgan fingerprint density at radius 3 is 2.42 bits per heavy atom. The maximum atomic E-state index is 6.41. The lowest BCUT2D eigenvalue weighted by Crippen LogP contribution is -2.27. The monoisotopic (exact) mass is 424 g/mol. The summed E-state index contributed by atoms with van der Waals surface area (Å²) in [6.45, 7) is 3.10. The van der Waals surface area contributed by atoms with Crippen molar-refractivity contribution >= 4 is 46.6 Å². The summed E-state index contributed by atoms with van der Waals surface area (Å²) in [7, 11) is 0. The summed E-state index contributed by atoms with van der Waals surface area (Å²) < 4.78 is 2.05. The average Bonchev–Trinajstić information content (AvgIpc) is 3.10. The number of hydrogen-bond acceptors (Lipinski definition) is 2. The molecule has 0 aliphatic heterocycles. The van der Waals surface area contributed by atoms with Gasteiger partial charge in [-0.2, -0.15) is 0 Å². The summed E-state index contributed by atoms with van der Waals surface area (Å²) in [5, 5.41) is 2.10. The molecule has 0 amide bonds. The Bertz CT molecular complexity index is 850. The molecule has 0 saturated carbocycles. The molecule has 0 N–H and O–H groups in total. The maximum absolute atomic E-state index is 6.41. The molecule has 0 fully saturated rings. The van der Waals surface area contributed by atoms with Crippen molar-refractivity contribution in [2.24, 2.45) is 0 Å². The minimum Gasteiger partial charge on any atom is -0.336 e. The van der Waals surface area contributed by atoms with Crippen LogP contribution in [0.15, 0.2) is 66.1 Å². The fraction of sp³-hybridized carbons (Fsp3) is 0.250. The fourth-order valence-corrected chi connectivity index (χ4v) is 4.70. The van der Waals surface area contributed by atoms with E-state index in [-0.39, 0.29) is 4.75 Å². The third kappa shape index (κ3) is 5.43. The Morgan fingerprint density at radius 2 is 1.77 bits per heavy atom. The van der Waals surface area contributed by atoms with Crippen LogP contribution < -0.4 is 0 Å². The van der Waals surface area contributed by atoms with Crippen molar-refractivity contribution in [1.29, 1.82) is 0 Å². The van der Waals surface area contributed by atoms with E-state index in [1.165, 1.54) is 5.56 Å². The van der Waals surface area contributed by atoms with Gasteiger partial charge in [-0.25, -0.2) is 4.98 Å². The molecule has 1 unspecified atom stereocenters. The zero-order valence-corrected chi connectivity index (χ0v) is 17.4. The van der Waals surface area contributed by atoms with Gasteiger partial charge in [-0.15, -0.1) is 11.8 Å². The van der Waals surface area contributed by atoms with Crippen molar-refractivity contribution in [1.82, 2.24) is 9.55 Å². The molecule has 6 heteroatoms. The van der Waals surface area contributed by atoms with Crippen LogP contribution in [0.5, 0.6) is 0 Å². The molecular weight excluding hydrogens is 407 g/mol. The van der Waals surface area contributed by atoms with Crippen LogP contribution in [0.25, 0.3) is 0 Å². The number of nitrogens with zero attached hydrogens (tertiary/aromatic N) is 2. The fourth-order valence-electron chi connectivity index (χ4n) is 2.81. The molecule has 0 aliphatic rings. The van der Waals surface area contributed by atoms with E-state index in [1.54, 1.807) is 24.0 Å². The molecular formula is C20H19Cl3N2S. The van der Waals surface area contributed by atoms with Gasteiger partial charge < -0.3 is 4.57 Å². The predicted molar refractivity (Wildman–Crippen MR) is 113 cm³/mol. The first kappa shape index (κ1) is 19.6. The maximum Gasteiger partial charge on any atom is 0.0946 e. The van der Waals surface area contributed by atoms with Gasteiger partial charge in [0.2, 0.25) is 0 Å². The second-order valence-electron chi connectivity index (χ2n) is 6.49. The summed E-state index contributed by atoms with van der Waals surface area (Å²) in [4.78, 5) is 5.20.